The number of benzene rings is 1. The second kappa shape index (κ2) is 7.27. The number of nitrogens with zero attached hydrogens (tertiary/aromatic N) is 2. The molecule has 0 aliphatic carbocycles. The van der Waals surface area contributed by atoms with E-state index in [9.17, 15) is 13.2 Å². The van der Waals surface area contributed by atoms with Gasteiger partial charge >= 0.3 is 0 Å². The number of likely N-dealkylation sites (N-methyl/N-ethyl adjacent to an activating group) is 1. The lowest BCUT2D eigenvalue weighted by atomic mass is 10.3. The Morgan fingerprint density at radius 1 is 1.26 bits per heavy atom. The van der Waals surface area contributed by atoms with Crippen LogP contribution in [0.3, 0.4) is 0 Å². The smallest absolute Gasteiger partial charge is 0.244 e. The molecule has 0 fully saturated rings. The molecule has 2 rings (SSSR count). The Balaban J connectivity index is 2.06. The average molecular weight is 374 g/mol. The molecule has 0 aliphatic rings. The van der Waals surface area contributed by atoms with Crippen LogP contribution in [-0.2, 0) is 14.8 Å². The quantitative estimate of drug-likeness (QED) is 0.873. The summed E-state index contributed by atoms with van der Waals surface area (Å²) in [4.78, 5) is 15.8. The van der Waals surface area contributed by atoms with Gasteiger partial charge in [0.2, 0.25) is 15.9 Å². The van der Waals surface area contributed by atoms with Gasteiger partial charge in [-0.15, -0.1) is 0 Å². The van der Waals surface area contributed by atoms with E-state index in [0.717, 1.165) is 4.31 Å². The van der Waals surface area contributed by atoms with Crippen molar-refractivity contribution in [2.75, 3.05) is 18.9 Å². The van der Waals surface area contributed by atoms with Crippen molar-refractivity contribution in [3.63, 3.8) is 0 Å². The van der Waals surface area contributed by atoms with E-state index < -0.39 is 15.9 Å². The first-order chi connectivity index (χ1) is 10.8. The lowest BCUT2D eigenvalue weighted by Gasteiger charge is -2.16. The highest BCUT2D eigenvalue weighted by molar-refractivity contribution is 7.89. The van der Waals surface area contributed by atoms with E-state index in [1.807, 2.05) is 0 Å². The molecule has 6 nitrogen and oxygen atoms in total. The van der Waals surface area contributed by atoms with Crippen LogP contribution in [-0.4, -0.2) is 37.2 Å². The molecule has 0 spiro atoms. The van der Waals surface area contributed by atoms with Gasteiger partial charge in [0, 0.05) is 25.1 Å². The zero-order chi connectivity index (χ0) is 17.0. The molecular weight excluding hydrogens is 361 g/mol. The third-order valence-electron chi connectivity index (χ3n) is 2.91. The Bertz CT molecular complexity index is 813. The molecule has 0 aliphatic heterocycles. The number of hydrogen-bond acceptors (Lipinski definition) is 4. The van der Waals surface area contributed by atoms with Gasteiger partial charge in [0.05, 0.1) is 16.6 Å². The van der Waals surface area contributed by atoms with Crippen molar-refractivity contribution in [1.29, 1.82) is 0 Å². The van der Waals surface area contributed by atoms with Crippen LogP contribution in [0.4, 0.5) is 5.69 Å². The van der Waals surface area contributed by atoms with E-state index in [1.54, 1.807) is 6.07 Å². The predicted octanol–water partition coefficient (Wildman–Crippen LogP) is 2.65. The highest BCUT2D eigenvalue weighted by atomic mass is 35.5. The largest absolute Gasteiger partial charge is 0.325 e. The lowest BCUT2D eigenvalue weighted by Crippen LogP contribution is -2.35. The number of anilines is 1. The summed E-state index contributed by atoms with van der Waals surface area (Å²) in [6.07, 6.45) is 2.69. The van der Waals surface area contributed by atoms with Crippen molar-refractivity contribution in [2.45, 2.75) is 4.90 Å². The van der Waals surface area contributed by atoms with Crippen molar-refractivity contribution in [3.8, 4) is 0 Å². The monoisotopic (exact) mass is 373 g/mol. The van der Waals surface area contributed by atoms with E-state index in [1.165, 1.54) is 43.7 Å². The minimum Gasteiger partial charge on any atom is -0.325 e. The van der Waals surface area contributed by atoms with Crippen molar-refractivity contribution < 1.29 is 13.2 Å². The molecular formula is C14H13Cl2N3O3S. The zero-order valence-corrected chi connectivity index (χ0v) is 14.4. The molecule has 9 heteroatoms. The van der Waals surface area contributed by atoms with Crippen LogP contribution < -0.4 is 5.32 Å². The third-order valence-corrected chi connectivity index (χ3v) is 5.44. The topological polar surface area (TPSA) is 79.4 Å². The number of nitrogens with one attached hydrogen (secondary N) is 1. The number of amides is 1. The van der Waals surface area contributed by atoms with Gasteiger partial charge in [0.15, 0.2) is 0 Å². The van der Waals surface area contributed by atoms with Gasteiger partial charge in [-0.1, -0.05) is 23.2 Å². The molecule has 0 saturated carbocycles. The molecule has 2 aromatic rings. The summed E-state index contributed by atoms with van der Waals surface area (Å²) < 4.78 is 25.5. The molecule has 0 saturated heterocycles. The van der Waals surface area contributed by atoms with Crippen LogP contribution in [0, 0.1) is 0 Å². The summed E-state index contributed by atoms with van der Waals surface area (Å²) in [5.74, 6) is -0.502. The van der Waals surface area contributed by atoms with Crippen molar-refractivity contribution >= 4 is 44.8 Å². The normalized spacial score (nSPS) is 11.5. The van der Waals surface area contributed by atoms with E-state index in [4.69, 9.17) is 23.2 Å². The van der Waals surface area contributed by atoms with Crippen molar-refractivity contribution in [3.05, 3.63) is 52.8 Å². The van der Waals surface area contributed by atoms with E-state index in [-0.39, 0.29) is 11.4 Å². The lowest BCUT2D eigenvalue weighted by molar-refractivity contribution is -0.116. The van der Waals surface area contributed by atoms with Crippen molar-refractivity contribution in [2.24, 2.45) is 0 Å². The van der Waals surface area contributed by atoms with Gasteiger partial charge in [-0.05, 0) is 30.3 Å². The SMILES string of the molecule is CN(CC(=O)Nc1ccc(Cl)c(Cl)c1)S(=O)(=O)c1cccnc1. The molecule has 1 aromatic heterocycles. The fourth-order valence-corrected chi connectivity index (χ4v) is 3.13. The number of halogens is 2. The van der Waals surface area contributed by atoms with Gasteiger partial charge in [-0.25, -0.2) is 8.42 Å². The van der Waals surface area contributed by atoms with Gasteiger partial charge < -0.3 is 5.32 Å². The number of sulfonamides is 1. The summed E-state index contributed by atoms with van der Waals surface area (Å²) in [5, 5.41) is 3.22. The number of pyridine rings is 1. The van der Waals surface area contributed by atoms with Gasteiger partial charge in [-0.2, -0.15) is 4.31 Å². The first-order valence-electron chi connectivity index (χ1n) is 6.42. The fraction of sp³-hybridized carbons (Fsp3) is 0.143. The minimum atomic E-state index is -3.78. The molecule has 0 bridgehead atoms. The van der Waals surface area contributed by atoms with Crippen LogP contribution in [0.2, 0.25) is 10.0 Å². The molecule has 0 atom stereocenters. The molecule has 23 heavy (non-hydrogen) atoms. The number of carbonyl (C=O) groups excluding carboxylic acids is 1. The molecule has 0 radical (unpaired) electrons. The minimum absolute atomic E-state index is 0.0184. The van der Waals surface area contributed by atoms with Crippen LogP contribution >= 0.6 is 23.2 Å². The van der Waals surface area contributed by atoms with E-state index in [2.05, 4.69) is 10.3 Å². The number of rotatable bonds is 5. The highest BCUT2D eigenvalue weighted by Gasteiger charge is 2.23. The average Bonchev–Trinajstić information content (AvgIpc) is 2.51. The second-order valence-electron chi connectivity index (χ2n) is 4.63. The maximum atomic E-state index is 12.3. The van der Waals surface area contributed by atoms with E-state index >= 15 is 0 Å². The molecule has 0 unspecified atom stereocenters. The number of aromatic nitrogens is 1. The van der Waals surface area contributed by atoms with Gasteiger partial charge in [0.1, 0.15) is 4.90 Å². The second-order valence-corrected chi connectivity index (χ2v) is 7.49. The van der Waals surface area contributed by atoms with Crippen molar-refractivity contribution in [1.82, 2.24) is 9.29 Å². The fourth-order valence-electron chi connectivity index (χ4n) is 1.74. The Morgan fingerprint density at radius 2 is 2.00 bits per heavy atom. The molecule has 1 aromatic carbocycles. The molecule has 1 N–H and O–H groups in total. The standard InChI is InChI=1S/C14H13Cl2N3O3S/c1-19(23(21,22)11-3-2-6-17-8-11)9-14(20)18-10-4-5-12(15)13(16)7-10/h2-8H,9H2,1H3,(H,18,20). The van der Waals surface area contributed by atoms with E-state index in [0.29, 0.717) is 15.7 Å². The number of carbonyl (C=O) groups is 1. The first kappa shape index (κ1) is 17.7. The Labute approximate surface area is 144 Å². The molecule has 1 amide bonds. The Kier molecular flexibility index (Phi) is 5.59. The number of hydrogen-bond donors (Lipinski definition) is 1. The molecule has 122 valence electrons. The Morgan fingerprint density at radius 3 is 2.61 bits per heavy atom. The summed E-state index contributed by atoms with van der Waals surface area (Å²) in [6, 6.07) is 7.51. The summed E-state index contributed by atoms with van der Waals surface area (Å²) >= 11 is 11.7. The maximum absolute atomic E-state index is 12.3. The van der Waals surface area contributed by atoms with Crippen LogP contribution in [0.15, 0.2) is 47.6 Å². The highest BCUT2D eigenvalue weighted by Crippen LogP contribution is 2.25. The summed E-state index contributed by atoms with van der Waals surface area (Å²) in [5.41, 5.74) is 0.427. The third kappa shape index (κ3) is 4.42. The van der Waals surface area contributed by atoms with Gasteiger partial charge in [-0.3, -0.25) is 9.78 Å². The van der Waals surface area contributed by atoms with Crippen LogP contribution in [0.25, 0.3) is 0 Å². The Hall–Kier alpha value is -1.67. The first-order valence-corrected chi connectivity index (χ1v) is 8.61. The van der Waals surface area contributed by atoms with Crippen LogP contribution in [0.1, 0.15) is 0 Å². The summed E-state index contributed by atoms with van der Waals surface area (Å²) in [6.45, 7) is -0.350. The summed E-state index contributed by atoms with van der Waals surface area (Å²) in [7, 11) is -2.46. The van der Waals surface area contributed by atoms with Gasteiger partial charge in [0.25, 0.3) is 0 Å². The molecule has 1 heterocycles. The predicted molar refractivity (Wildman–Crippen MR) is 89.1 cm³/mol. The maximum Gasteiger partial charge on any atom is 0.244 e. The van der Waals surface area contributed by atoms with Crippen LogP contribution in [0.5, 0.6) is 0 Å². The zero-order valence-electron chi connectivity index (χ0n) is 12.0.